The fourth-order valence-electron chi connectivity index (χ4n) is 2.53. The first-order valence-electron chi connectivity index (χ1n) is 7.75. The molecular weight excluding hydrogens is 324 g/mol. The molecule has 2 N–H and O–H groups in total. The van der Waals surface area contributed by atoms with E-state index in [1.54, 1.807) is 12.1 Å². The zero-order valence-corrected chi connectivity index (χ0v) is 14.8. The van der Waals surface area contributed by atoms with E-state index in [-0.39, 0.29) is 18.2 Å². The summed E-state index contributed by atoms with van der Waals surface area (Å²) in [6.45, 7) is 5.39. The molecule has 2 aromatic rings. The van der Waals surface area contributed by atoms with Gasteiger partial charge in [0.05, 0.1) is 12.5 Å². The fourth-order valence-corrected chi connectivity index (χ4v) is 2.66. The van der Waals surface area contributed by atoms with Crippen molar-refractivity contribution in [2.45, 2.75) is 33.2 Å². The topological polar surface area (TPSA) is 58.2 Å². The molecule has 0 aromatic heterocycles. The molecule has 1 unspecified atom stereocenters. The van der Waals surface area contributed by atoms with Crippen molar-refractivity contribution in [2.24, 2.45) is 0 Å². The van der Waals surface area contributed by atoms with E-state index in [1.165, 1.54) is 6.92 Å². The summed E-state index contributed by atoms with van der Waals surface area (Å²) in [6, 6.07) is 12.6. The first kappa shape index (κ1) is 18.0. The van der Waals surface area contributed by atoms with Crippen LogP contribution < -0.4 is 10.6 Å². The van der Waals surface area contributed by atoms with E-state index in [2.05, 4.69) is 10.6 Å². The van der Waals surface area contributed by atoms with Gasteiger partial charge in [-0.2, -0.15) is 0 Å². The van der Waals surface area contributed by atoms with Crippen LogP contribution in [0.15, 0.2) is 42.5 Å². The Morgan fingerprint density at radius 1 is 1.08 bits per heavy atom. The second-order valence-electron chi connectivity index (χ2n) is 5.88. The van der Waals surface area contributed by atoms with Crippen molar-refractivity contribution in [3.05, 3.63) is 64.2 Å². The molecule has 0 heterocycles. The summed E-state index contributed by atoms with van der Waals surface area (Å²) in [7, 11) is 0. The van der Waals surface area contributed by atoms with Crippen molar-refractivity contribution in [2.75, 3.05) is 5.32 Å². The average Bonchev–Trinajstić information content (AvgIpc) is 2.50. The molecule has 0 aliphatic heterocycles. The SMILES string of the molecule is CC(=O)NC(CC(=O)Nc1ccc(C)cc1C)c1ccc(Cl)cc1. The zero-order valence-electron chi connectivity index (χ0n) is 14.0. The first-order valence-corrected chi connectivity index (χ1v) is 8.12. The predicted octanol–water partition coefficient (Wildman–Crippen LogP) is 4.16. The smallest absolute Gasteiger partial charge is 0.226 e. The van der Waals surface area contributed by atoms with Crippen LogP contribution in [-0.4, -0.2) is 11.8 Å². The molecule has 0 aliphatic carbocycles. The minimum atomic E-state index is -0.398. The average molecular weight is 345 g/mol. The van der Waals surface area contributed by atoms with Gasteiger partial charge < -0.3 is 10.6 Å². The van der Waals surface area contributed by atoms with E-state index < -0.39 is 6.04 Å². The Morgan fingerprint density at radius 2 is 1.75 bits per heavy atom. The summed E-state index contributed by atoms with van der Waals surface area (Å²) in [6.07, 6.45) is 0.147. The van der Waals surface area contributed by atoms with Crippen LogP contribution in [0.5, 0.6) is 0 Å². The van der Waals surface area contributed by atoms with Crippen molar-refractivity contribution < 1.29 is 9.59 Å². The molecule has 2 amide bonds. The highest BCUT2D eigenvalue weighted by Gasteiger charge is 2.17. The maximum absolute atomic E-state index is 12.4. The molecule has 1 atom stereocenters. The van der Waals surface area contributed by atoms with Crippen LogP contribution in [0.4, 0.5) is 5.69 Å². The van der Waals surface area contributed by atoms with Crippen molar-refractivity contribution in [1.82, 2.24) is 5.32 Å². The third-order valence-electron chi connectivity index (χ3n) is 3.70. The van der Waals surface area contributed by atoms with Crippen LogP contribution in [0.25, 0.3) is 0 Å². The van der Waals surface area contributed by atoms with Gasteiger partial charge in [0.2, 0.25) is 11.8 Å². The Balaban J connectivity index is 2.12. The molecule has 126 valence electrons. The molecule has 0 saturated heterocycles. The summed E-state index contributed by atoms with van der Waals surface area (Å²) in [5.41, 5.74) is 3.77. The quantitative estimate of drug-likeness (QED) is 0.855. The number of amides is 2. The summed E-state index contributed by atoms with van der Waals surface area (Å²) >= 11 is 5.90. The van der Waals surface area contributed by atoms with Gasteiger partial charge in [-0.15, -0.1) is 0 Å². The lowest BCUT2D eigenvalue weighted by Crippen LogP contribution is -2.29. The van der Waals surface area contributed by atoms with Gasteiger partial charge in [0.25, 0.3) is 0 Å². The van der Waals surface area contributed by atoms with Crippen LogP contribution in [0.2, 0.25) is 5.02 Å². The van der Waals surface area contributed by atoms with E-state index in [0.29, 0.717) is 5.02 Å². The number of benzene rings is 2. The number of halogens is 1. The second-order valence-corrected chi connectivity index (χ2v) is 6.31. The molecular formula is C19H21ClN2O2. The molecule has 0 fully saturated rings. The normalized spacial score (nSPS) is 11.7. The van der Waals surface area contributed by atoms with Crippen molar-refractivity contribution in [3.63, 3.8) is 0 Å². The van der Waals surface area contributed by atoms with Gasteiger partial charge in [-0.1, -0.05) is 41.4 Å². The number of anilines is 1. The molecule has 0 spiro atoms. The maximum atomic E-state index is 12.4. The number of carbonyl (C=O) groups excluding carboxylic acids is 2. The first-order chi connectivity index (χ1) is 11.3. The fraction of sp³-hybridized carbons (Fsp3) is 0.263. The molecule has 0 radical (unpaired) electrons. The Morgan fingerprint density at radius 3 is 2.33 bits per heavy atom. The van der Waals surface area contributed by atoms with Gasteiger partial charge in [-0.25, -0.2) is 0 Å². The zero-order chi connectivity index (χ0) is 17.7. The highest BCUT2D eigenvalue weighted by atomic mass is 35.5. The number of hydrogen-bond donors (Lipinski definition) is 2. The Hall–Kier alpha value is -2.33. The Bertz CT molecular complexity index is 742. The molecule has 0 saturated carbocycles. The molecule has 4 nitrogen and oxygen atoms in total. The third-order valence-corrected chi connectivity index (χ3v) is 3.95. The number of aryl methyl sites for hydroxylation is 2. The monoisotopic (exact) mass is 344 g/mol. The minimum absolute atomic E-state index is 0.147. The summed E-state index contributed by atoms with van der Waals surface area (Å²) in [4.78, 5) is 23.9. The van der Waals surface area contributed by atoms with Crippen molar-refractivity contribution in [1.29, 1.82) is 0 Å². The molecule has 5 heteroatoms. The van der Waals surface area contributed by atoms with Crippen LogP contribution >= 0.6 is 11.6 Å². The molecule has 24 heavy (non-hydrogen) atoms. The Kier molecular flexibility index (Phi) is 5.99. The molecule has 2 rings (SSSR count). The highest BCUT2D eigenvalue weighted by molar-refractivity contribution is 6.30. The number of carbonyl (C=O) groups is 2. The van der Waals surface area contributed by atoms with Gasteiger partial charge in [0.15, 0.2) is 0 Å². The van der Waals surface area contributed by atoms with Crippen molar-refractivity contribution >= 4 is 29.1 Å². The van der Waals surface area contributed by atoms with Gasteiger partial charge in [0.1, 0.15) is 0 Å². The van der Waals surface area contributed by atoms with Crippen LogP contribution in [0.1, 0.15) is 36.1 Å². The van der Waals surface area contributed by atoms with Crippen molar-refractivity contribution in [3.8, 4) is 0 Å². The molecule has 0 bridgehead atoms. The third kappa shape index (κ3) is 5.10. The van der Waals surface area contributed by atoms with Crippen LogP contribution in [0, 0.1) is 13.8 Å². The van der Waals surface area contributed by atoms with Gasteiger partial charge in [-0.05, 0) is 43.2 Å². The standard InChI is InChI=1S/C19H21ClN2O2/c1-12-4-9-17(13(2)10-12)22-19(24)11-18(21-14(3)23)15-5-7-16(20)8-6-15/h4-10,18H,11H2,1-3H3,(H,21,23)(H,22,24). The molecule has 0 aliphatic rings. The van der Waals surface area contributed by atoms with E-state index in [1.807, 2.05) is 44.2 Å². The summed E-state index contributed by atoms with van der Waals surface area (Å²) in [5.74, 6) is -0.343. The largest absolute Gasteiger partial charge is 0.349 e. The van der Waals surface area contributed by atoms with Crippen LogP contribution in [0.3, 0.4) is 0 Å². The van der Waals surface area contributed by atoms with E-state index >= 15 is 0 Å². The lowest BCUT2D eigenvalue weighted by atomic mass is 10.0. The lowest BCUT2D eigenvalue weighted by molar-refractivity contribution is -0.120. The van der Waals surface area contributed by atoms with Crippen LogP contribution in [-0.2, 0) is 9.59 Å². The van der Waals surface area contributed by atoms with E-state index in [4.69, 9.17) is 11.6 Å². The van der Waals surface area contributed by atoms with Gasteiger partial charge in [-0.3, -0.25) is 9.59 Å². The van der Waals surface area contributed by atoms with E-state index in [9.17, 15) is 9.59 Å². The summed E-state index contributed by atoms with van der Waals surface area (Å²) in [5, 5.41) is 6.33. The van der Waals surface area contributed by atoms with Gasteiger partial charge in [0, 0.05) is 17.6 Å². The summed E-state index contributed by atoms with van der Waals surface area (Å²) < 4.78 is 0. The number of hydrogen-bond acceptors (Lipinski definition) is 2. The van der Waals surface area contributed by atoms with E-state index in [0.717, 1.165) is 22.4 Å². The molecule has 2 aromatic carbocycles. The number of nitrogens with one attached hydrogen (secondary N) is 2. The van der Waals surface area contributed by atoms with Gasteiger partial charge >= 0.3 is 0 Å². The minimum Gasteiger partial charge on any atom is -0.349 e. The predicted molar refractivity (Wildman–Crippen MR) is 97.2 cm³/mol. The highest BCUT2D eigenvalue weighted by Crippen LogP contribution is 2.21. The maximum Gasteiger partial charge on any atom is 0.226 e. The second kappa shape index (κ2) is 7.97. The number of rotatable bonds is 5. The lowest BCUT2D eigenvalue weighted by Gasteiger charge is -2.18. The Labute approximate surface area is 147 Å².